The van der Waals surface area contributed by atoms with Crippen molar-refractivity contribution in [3.8, 4) is 6.07 Å². The molecule has 0 unspecified atom stereocenters. The van der Waals surface area contributed by atoms with Gasteiger partial charge in [0.25, 0.3) is 5.91 Å². The van der Waals surface area contributed by atoms with Crippen molar-refractivity contribution in [2.45, 2.75) is 26.7 Å². The number of amides is 1. The van der Waals surface area contributed by atoms with E-state index in [0.717, 1.165) is 12.8 Å². The smallest absolute Gasteiger partial charge is 0.281 e. The molecule has 1 heterocycles. The van der Waals surface area contributed by atoms with Gasteiger partial charge >= 0.3 is 0 Å². The topological polar surface area (TPSA) is 44.1 Å². The summed E-state index contributed by atoms with van der Waals surface area (Å²) in [6, 6.07) is 1.75. The molecule has 15 heavy (non-hydrogen) atoms. The molecule has 1 rings (SSSR count). The molecule has 1 aliphatic heterocycles. The Morgan fingerprint density at radius 1 is 1.53 bits per heavy atom. The van der Waals surface area contributed by atoms with Crippen LogP contribution in [0.4, 0.5) is 4.39 Å². The number of nitriles is 1. The molecule has 0 bridgehead atoms. The zero-order chi connectivity index (χ0) is 11.8. The summed E-state index contributed by atoms with van der Waals surface area (Å²) in [5.74, 6) is -0.728. The largest absolute Gasteiger partial charge is 0.337 e. The zero-order valence-electron chi connectivity index (χ0n) is 9.29. The fraction of sp³-hybridized carbons (Fsp3) is 0.636. The maximum atomic E-state index is 12.4. The molecule has 1 fully saturated rings. The number of hydrogen-bond donors (Lipinski definition) is 0. The molecule has 0 N–H and O–H groups in total. The summed E-state index contributed by atoms with van der Waals surface area (Å²) in [5, 5.41) is 7.32. The lowest BCUT2D eigenvalue weighted by molar-refractivity contribution is -0.129. The van der Waals surface area contributed by atoms with Crippen molar-refractivity contribution < 1.29 is 9.18 Å². The molecule has 0 spiro atoms. The second-order valence-electron chi connectivity index (χ2n) is 3.60. The Bertz CT molecular complexity index is 262. The minimum Gasteiger partial charge on any atom is -0.337 e. The summed E-state index contributed by atoms with van der Waals surface area (Å²) in [6.07, 6.45) is 1.94. The van der Waals surface area contributed by atoms with Gasteiger partial charge in [-0.2, -0.15) is 5.26 Å². The van der Waals surface area contributed by atoms with Crippen LogP contribution in [0.25, 0.3) is 0 Å². The van der Waals surface area contributed by atoms with Crippen LogP contribution in [0.1, 0.15) is 26.7 Å². The third-order valence-electron chi connectivity index (χ3n) is 2.30. The predicted octanol–water partition coefficient (Wildman–Crippen LogP) is 2.26. The summed E-state index contributed by atoms with van der Waals surface area (Å²) in [5.41, 5.74) is 0. The van der Waals surface area contributed by atoms with Crippen LogP contribution in [-0.4, -0.2) is 23.9 Å². The minimum absolute atomic E-state index is 0.540. The maximum absolute atomic E-state index is 12.4. The first-order valence-electron chi connectivity index (χ1n) is 4.97. The third-order valence-corrected chi connectivity index (χ3v) is 2.30. The van der Waals surface area contributed by atoms with E-state index in [1.165, 1.54) is 11.8 Å². The van der Waals surface area contributed by atoms with Crippen molar-refractivity contribution in [1.82, 2.24) is 4.90 Å². The van der Waals surface area contributed by atoms with Crippen molar-refractivity contribution >= 4 is 5.91 Å². The molecule has 4 heteroatoms. The van der Waals surface area contributed by atoms with Gasteiger partial charge < -0.3 is 4.90 Å². The van der Waals surface area contributed by atoms with Gasteiger partial charge in [-0.3, -0.25) is 4.79 Å². The van der Waals surface area contributed by atoms with Crippen molar-refractivity contribution in [3.63, 3.8) is 0 Å². The summed E-state index contributed by atoms with van der Waals surface area (Å²) in [4.78, 5) is 12.6. The van der Waals surface area contributed by atoms with Gasteiger partial charge in [0.15, 0.2) is 5.83 Å². The van der Waals surface area contributed by atoms with E-state index >= 15 is 0 Å². The molecular weight excluding hydrogens is 195 g/mol. The van der Waals surface area contributed by atoms with Crippen LogP contribution >= 0.6 is 0 Å². The van der Waals surface area contributed by atoms with Crippen LogP contribution < -0.4 is 0 Å². The third kappa shape index (κ3) is 5.16. The fourth-order valence-corrected chi connectivity index (χ4v) is 1.38. The van der Waals surface area contributed by atoms with Crippen LogP contribution in [0.3, 0.4) is 0 Å². The van der Waals surface area contributed by atoms with Gasteiger partial charge in [-0.1, -0.05) is 13.5 Å². The first-order valence-corrected chi connectivity index (χ1v) is 4.97. The van der Waals surface area contributed by atoms with E-state index in [2.05, 4.69) is 13.5 Å². The highest BCUT2D eigenvalue weighted by Crippen LogP contribution is 2.17. The standard InChI is InChI=1S/C9H14FNO.C2H3N/c1-7-3-5-11(6-4-7)9(12)8(2)10;1-2-3/h7H,2-6H2,1H3;1H3. The van der Waals surface area contributed by atoms with Gasteiger partial charge in [-0.05, 0) is 18.8 Å². The van der Waals surface area contributed by atoms with Crippen LogP contribution in [0.5, 0.6) is 0 Å². The quantitative estimate of drug-likeness (QED) is 0.626. The Kier molecular flexibility index (Phi) is 6.35. The molecule has 0 aromatic carbocycles. The van der Waals surface area contributed by atoms with Crippen molar-refractivity contribution in [3.05, 3.63) is 12.4 Å². The average molecular weight is 212 g/mol. The van der Waals surface area contributed by atoms with Gasteiger partial charge in [0.05, 0.1) is 6.07 Å². The molecule has 0 atom stereocenters. The molecule has 3 nitrogen and oxygen atoms in total. The van der Waals surface area contributed by atoms with Gasteiger partial charge in [-0.25, -0.2) is 4.39 Å². The first-order chi connectivity index (χ1) is 7.02. The summed E-state index contributed by atoms with van der Waals surface area (Å²) in [7, 11) is 0. The number of halogens is 1. The Morgan fingerprint density at radius 2 is 1.93 bits per heavy atom. The zero-order valence-corrected chi connectivity index (χ0v) is 9.29. The molecule has 0 aromatic rings. The van der Waals surface area contributed by atoms with E-state index in [1.807, 2.05) is 0 Å². The Hall–Kier alpha value is -1.37. The van der Waals surface area contributed by atoms with E-state index in [9.17, 15) is 9.18 Å². The number of carbonyl (C=O) groups is 1. The fourth-order valence-electron chi connectivity index (χ4n) is 1.38. The van der Waals surface area contributed by atoms with Crippen LogP contribution in [0.2, 0.25) is 0 Å². The molecule has 0 aliphatic carbocycles. The molecule has 1 aliphatic rings. The second kappa shape index (κ2) is 6.99. The van der Waals surface area contributed by atoms with Crippen LogP contribution in [-0.2, 0) is 4.79 Å². The SMILES string of the molecule is C=C(F)C(=O)N1CCC(C)CC1.CC#N. The predicted molar refractivity (Wildman–Crippen MR) is 56.5 cm³/mol. The summed E-state index contributed by atoms with van der Waals surface area (Å²) < 4.78 is 12.4. The maximum Gasteiger partial charge on any atom is 0.281 e. The van der Waals surface area contributed by atoms with Crippen LogP contribution in [0.15, 0.2) is 12.4 Å². The molecule has 0 radical (unpaired) electrons. The second-order valence-corrected chi connectivity index (χ2v) is 3.60. The number of nitrogens with zero attached hydrogens (tertiary/aromatic N) is 2. The highest BCUT2D eigenvalue weighted by atomic mass is 19.1. The van der Waals surface area contributed by atoms with Crippen LogP contribution in [0, 0.1) is 17.2 Å². The molecule has 84 valence electrons. The Morgan fingerprint density at radius 3 is 2.27 bits per heavy atom. The van der Waals surface area contributed by atoms with E-state index in [1.54, 1.807) is 6.07 Å². The van der Waals surface area contributed by atoms with E-state index in [-0.39, 0.29) is 0 Å². The lowest BCUT2D eigenvalue weighted by atomic mass is 9.99. The lowest BCUT2D eigenvalue weighted by Gasteiger charge is -2.29. The highest BCUT2D eigenvalue weighted by molar-refractivity contribution is 5.90. The van der Waals surface area contributed by atoms with Crippen molar-refractivity contribution in [2.75, 3.05) is 13.1 Å². The number of rotatable bonds is 1. The molecule has 0 saturated carbocycles. The van der Waals surface area contributed by atoms with Gasteiger partial charge in [0, 0.05) is 20.0 Å². The van der Waals surface area contributed by atoms with E-state index in [0.29, 0.717) is 19.0 Å². The molecule has 0 aromatic heterocycles. The molecule has 1 amide bonds. The minimum atomic E-state index is -0.843. The molecule has 1 saturated heterocycles. The first kappa shape index (κ1) is 13.6. The number of hydrogen-bond acceptors (Lipinski definition) is 2. The Balaban J connectivity index is 0.000000583. The monoisotopic (exact) mass is 212 g/mol. The summed E-state index contributed by atoms with van der Waals surface area (Å²) >= 11 is 0. The molecular formula is C11H17FN2O. The van der Waals surface area contributed by atoms with Crippen molar-refractivity contribution in [2.24, 2.45) is 5.92 Å². The van der Waals surface area contributed by atoms with E-state index < -0.39 is 11.7 Å². The normalized spacial score (nSPS) is 16.0. The van der Waals surface area contributed by atoms with E-state index in [4.69, 9.17) is 5.26 Å². The average Bonchev–Trinajstić information content (AvgIpc) is 2.19. The van der Waals surface area contributed by atoms with Gasteiger partial charge in [0.1, 0.15) is 0 Å². The number of likely N-dealkylation sites (tertiary alicyclic amines) is 1. The Labute approximate surface area is 90.2 Å². The van der Waals surface area contributed by atoms with Gasteiger partial charge in [-0.15, -0.1) is 0 Å². The van der Waals surface area contributed by atoms with Gasteiger partial charge in [0.2, 0.25) is 0 Å². The highest BCUT2D eigenvalue weighted by Gasteiger charge is 2.21. The van der Waals surface area contributed by atoms with Crippen molar-refractivity contribution in [1.29, 1.82) is 5.26 Å². The lowest BCUT2D eigenvalue weighted by Crippen LogP contribution is -2.37. The number of carbonyl (C=O) groups excluding carboxylic acids is 1. The summed E-state index contributed by atoms with van der Waals surface area (Å²) in [6.45, 7) is 7.91. The number of piperidine rings is 1.